The molecule has 0 aliphatic rings. The number of thioether (sulfide) groups is 1. The second-order valence-electron chi connectivity index (χ2n) is 6.64. The Morgan fingerprint density at radius 1 is 0.844 bits per heavy atom. The van der Waals surface area contributed by atoms with Crippen molar-refractivity contribution in [3.05, 3.63) is 96.3 Å². The Labute approximate surface area is 187 Å². The number of aromatic nitrogens is 3. The number of carbonyl (C=O) groups excluding carboxylic acids is 2. The van der Waals surface area contributed by atoms with Crippen LogP contribution in [-0.2, 0) is 4.79 Å². The third-order valence-corrected chi connectivity index (χ3v) is 5.36. The van der Waals surface area contributed by atoms with E-state index in [0.717, 1.165) is 17.3 Å². The fraction of sp³-hybridized carbons (Fsp3) is 0.0435. The zero-order chi connectivity index (χ0) is 22.3. The van der Waals surface area contributed by atoms with Crippen LogP contribution in [0.4, 0.5) is 4.39 Å². The molecule has 9 heteroatoms. The van der Waals surface area contributed by atoms with Crippen molar-refractivity contribution in [2.45, 2.75) is 5.16 Å². The van der Waals surface area contributed by atoms with Gasteiger partial charge in [-0.15, -0.1) is 10.2 Å². The van der Waals surface area contributed by atoms with Gasteiger partial charge in [-0.2, -0.15) is 0 Å². The van der Waals surface area contributed by atoms with Crippen molar-refractivity contribution in [2.75, 3.05) is 5.75 Å². The highest BCUT2D eigenvalue weighted by atomic mass is 32.2. The molecule has 0 aliphatic carbocycles. The van der Waals surface area contributed by atoms with Crippen LogP contribution in [0.3, 0.4) is 0 Å². The molecular weight excluding hydrogens is 429 g/mol. The van der Waals surface area contributed by atoms with Crippen LogP contribution in [0.25, 0.3) is 17.1 Å². The first-order chi connectivity index (χ1) is 15.6. The molecule has 1 heterocycles. The third kappa shape index (κ3) is 5.01. The second kappa shape index (κ2) is 9.88. The van der Waals surface area contributed by atoms with Crippen LogP contribution in [0.15, 0.2) is 90.1 Å². The number of carbonyl (C=O) groups is 2. The summed E-state index contributed by atoms with van der Waals surface area (Å²) in [5.41, 5.74) is 6.70. The van der Waals surface area contributed by atoms with Gasteiger partial charge < -0.3 is 0 Å². The predicted octanol–water partition coefficient (Wildman–Crippen LogP) is 3.63. The van der Waals surface area contributed by atoms with Crippen LogP contribution < -0.4 is 10.9 Å². The van der Waals surface area contributed by atoms with Gasteiger partial charge in [0.05, 0.1) is 5.75 Å². The van der Waals surface area contributed by atoms with Crippen molar-refractivity contribution >= 4 is 23.6 Å². The van der Waals surface area contributed by atoms with Gasteiger partial charge in [-0.3, -0.25) is 25.0 Å². The first-order valence-electron chi connectivity index (χ1n) is 9.65. The number of rotatable bonds is 6. The molecule has 0 bridgehead atoms. The maximum Gasteiger partial charge on any atom is 0.269 e. The van der Waals surface area contributed by atoms with Crippen LogP contribution in [0.2, 0.25) is 0 Å². The number of hydrazine groups is 1. The number of hydrogen-bond acceptors (Lipinski definition) is 5. The lowest BCUT2D eigenvalue weighted by Crippen LogP contribution is -2.42. The average Bonchev–Trinajstić information content (AvgIpc) is 3.27. The van der Waals surface area contributed by atoms with Crippen LogP contribution in [0, 0.1) is 5.82 Å². The Hall–Kier alpha value is -3.98. The molecule has 4 rings (SSSR count). The summed E-state index contributed by atoms with van der Waals surface area (Å²) in [6.07, 6.45) is 0. The van der Waals surface area contributed by atoms with E-state index in [2.05, 4.69) is 21.0 Å². The van der Waals surface area contributed by atoms with E-state index in [0.29, 0.717) is 22.2 Å². The molecule has 0 saturated heterocycles. The molecule has 1 aromatic heterocycles. The molecule has 0 radical (unpaired) electrons. The van der Waals surface area contributed by atoms with Crippen molar-refractivity contribution in [2.24, 2.45) is 0 Å². The second-order valence-corrected chi connectivity index (χ2v) is 7.58. The summed E-state index contributed by atoms with van der Waals surface area (Å²) >= 11 is 1.15. The lowest BCUT2D eigenvalue weighted by Gasteiger charge is -2.11. The van der Waals surface area contributed by atoms with Gasteiger partial charge in [0.1, 0.15) is 5.82 Å². The molecule has 3 aromatic carbocycles. The molecule has 7 nitrogen and oxygen atoms in total. The number of amides is 2. The Balaban J connectivity index is 1.48. The molecule has 0 spiro atoms. The first-order valence-corrected chi connectivity index (χ1v) is 10.6. The van der Waals surface area contributed by atoms with Crippen molar-refractivity contribution in [3.63, 3.8) is 0 Å². The summed E-state index contributed by atoms with van der Waals surface area (Å²) in [5.74, 6) is -0.620. The highest BCUT2D eigenvalue weighted by Crippen LogP contribution is 2.27. The van der Waals surface area contributed by atoms with E-state index in [-0.39, 0.29) is 11.6 Å². The Morgan fingerprint density at radius 2 is 1.50 bits per heavy atom. The van der Waals surface area contributed by atoms with Gasteiger partial charge >= 0.3 is 0 Å². The molecule has 4 aromatic rings. The SMILES string of the molecule is O=C(CSc1nnc(-c2ccccc2)n1-c1ccc(F)cc1)NNC(=O)c1ccccc1. The van der Waals surface area contributed by atoms with E-state index >= 15 is 0 Å². The Morgan fingerprint density at radius 3 is 2.19 bits per heavy atom. The molecule has 0 saturated carbocycles. The molecule has 32 heavy (non-hydrogen) atoms. The van der Waals surface area contributed by atoms with Crippen molar-refractivity contribution in [1.29, 1.82) is 0 Å². The van der Waals surface area contributed by atoms with Gasteiger partial charge in [0.25, 0.3) is 5.91 Å². The van der Waals surface area contributed by atoms with Crippen molar-refractivity contribution in [1.82, 2.24) is 25.6 Å². The summed E-state index contributed by atoms with van der Waals surface area (Å²) in [5, 5.41) is 8.95. The van der Waals surface area contributed by atoms with Crippen molar-refractivity contribution in [3.8, 4) is 17.1 Å². The van der Waals surface area contributed by atoms with Crippen molar-refractivity contribution < 1.29 is 14.0 Å². The fourth-order valence-electron chi connectivity index (χ4n) is 2.91. The monoisotopic (exact) mass is 447 g/mol. The molecule has 0 unspecified atom stereocenters. The minimum atomic E-state index is -0.412. The molecule has 160 valence electrons. The van der Waals surface area contributed by atoms with Gasteiger partial charge in [-0.25, -0.2) is 4.39 Å². The van der Waals surface area contributed by atoms with Crippen LogP contribution >= 0.6 is 11.8 Å². The predicted molar refractivity (Wildman–Crippen MR) is 120 cm³/mol. The molecule has 0 aliphatic heterocycles. The Bertz CT molecular complexity index is 1210. The lowest BCUT2D eigenvalue weighted by atomic mass is 10.2. The third-order valence-electron chi connectivity index (χ3n) is 4.43. The average molecular weight is 447 g/mol. The maximum atomic E-state index is 13.4. The van der Waals surface area contributed by atoms with Crippen LogP contribution in [0.5, 0.6) is 0 Å². The van der Waals surface area contributed by atoms with E-state index in [1.807, 2.05) is 30.3 Å². The standard InChI is InChI=1S/C23H18FN5O2S/c24-18-11-13-19(14-12-18)29-21(16-7-3-1-4-8-16)26-28-23(29)32-15-20(30)25-27-22(31)17-9-5-2-6-10-17/h1-14H,15H2,(H,25,30)(H,27,31). The summed E-state index contributed by atoms with van der Waals surface area (Å²) in [4.78, 5) is 24.3. The highest BCUT2D eigenvalue weighted by molar-refractivity contribution is 7.99. The minimum absolute atomic E-state index is 0.0107. The highest BCUT2D eigenvalue weighted by Gasteiger charge is 2.17. The van der Waals surface area contributed by atoms with Crippen LogP contribution in [-0.4, -0.2) is 32.3 Å². The van der Waals surface area contributed by atoms with E-state index in [4.69, 9.17) is 0 Å². The van der Waals surface area contributed by atoms with Crippen LogP contribution in [0.1, 0.15) is 10.4 Å². The summed E-state index contributed by atoms with van der Waals surface area (Å²) < 4.78 is 15.2. The number of nitrogens with zero attached hydrogens (tertiary/aromatic N) is 3. The quantitative estimate of drug-likeness (QED) is 0.348. The molecule has 0 fully saturated rings. The largest absolute Gasteiger partial charge is 0.272 e. The van der Waals surface area contributed by atoms with E-state index < -0.39 is 11.8 Å². The Kier molecular flexibility index (Phi) is 6.57. The van der Waals surface area contributed by atoms with Gasteiger partial charge in [-0.1, -0.05) is 60.3 Å². The number of nitrogens with one attached hydrogen (secondary N) is 2. The summed E-state index contributed by atoms with van der Waals surface area (Å²) in [7, 11) is 0. The van der Waals surface area contributed by atoms with Gasteiger partial charge in [0.2, 0.25) is 5.91 Å². The summed E-state index contributed by atoms with van der Waals surface area (Å²) in [6.45, 7) is 0. The van der Waals surface area contributed by atoms with E-state index in [1.54, 1.807) is 47.0 Å². The zero-order valence-electron chi connectivity index (χ0n) is 16.7. The first kappa shape index (κ1) is 21.3. The molecule has 2 amide bonds. The normalized spacial score (nSPS) is 10.5. The zero-order valence-corrected chi connectivity index (χ0v) is 17.6. The van der Waals surface area contributed by atoms with Gasteiger partial charge in [0, 0.05) is 16.8 Å². The maximum absolute atomic E-state index is 13.4. The van der Waals surface area contributed by atoms with Gasteiger partial charge in [0.15, 0.2) is 11.0 Å². The summed E-state index contributed by atoms with van der Waals surface area (Å²) in [6, 6.07) is 24.0. The number of halogens is 1. The topological polar surface area (TPSA) is 88.9 Å². The van der Waals surface area contributed by atoms with E-state index in [9.17, 15) is 14.0 Å². The molecular formula is C23H18FN5O2S. The van der Waals surface area contributed by atoms with E-state index in [1.165, 1.54) is 12.1 Å². The number of benzene rings is 3. The smallest absolute Gasteiger partial charge is 0.269 e. The molecule has 0 atom stereocenters. The fourth-order valence-corrected chi connectivity index (χ4v) is 3.67. The van der Waals surface area contributed by atoms with Gasteiger partial charge in [-0.05, 0) is 36.4 Å². The minimum Gasteiger partial charge on any atom is -0.272 e. The number of hydrogen-bond donors (Lipinski definition) is 2. The molecule has 2 N–H and O–H groups in total. The lowest BCUT2D eigenvalue weighted by molar-refractivity contribution is -0.119.